The van der Waals surface area contributed by atoms with Gasteiger partial charge in [0.1, 0.15) is 11.5 Å². The minimum absolute atomic E-state index is 0.408. The van der Waals surface area contributed by atoms with Crippen molar-refractivity contribution in [3.8, 4) is 0 Å². The van der Waals surface area contributed by atoms with E-state index in [1.54, 1.807) is 0 Å². The van der Waals surface area contributed by atoms with Gasteiger partial charge in [-0.05, 0) is 37.3 Å². The quantitative estimate of drug-likeness (QED) is 0.846. The first kappa shape index (κ1) is 10.6. The summed E-state index contributed by atoms with van der Waals surface area (Å²) in [6.45, 7) is 1.00. The first-order chi connectivity index (χ1) is 8.33. The molecule has 1 fully saturated rings. The van der Waals surface area contributed by atoms with Crippen LogP contribution in [0.4, 0.5) is 5.82 Å². The van der Waals surface area contributed by atoms with Crippen molar-refractivity contribution < 1.29 is 0 Å². The Kier molecular flexibility index (Phi) is 2.73. The number of hydrogen-bond acceptors (Lipinski definition) is 3. The molecule has 3 N–H and O–H groups in total. The molecule has 17 heavy (non-hydrogen) atoms. The molecular formula is C13H18N4. The molecule has 2 aromatic heterocycles. The van der Waals surface area contributed by atoms with Crippen LogP contribution in [0.25, 0.3) is 5.65 Å². The van der Waals surface area contributed by atoms with Crippen molar-refractivity contribution in [1.29, 1.82) is 0 Å². The van der Waals surface area contributed by atoms with Crippen LogP contribution in [0.1, 0.15) is 19.3 Å². The predicted octanol–water partition coefficient (Wildman–Crippen LogP) is 1.87. The normalized spacial score (nSPS) is 24.3. The molecule has 4 heteroatoms. The second kappa shape index (κ2) is 4.37. The highest BCUT2D eigenvalue weighted by Gasteiger charge is 2.21. The molecule has 3 rings (SSSR count). The number of aromatic nitrogens is 2. The molecule has 1 aliphatic carbocycles. The second-order valence-corrected chi connectivity index (χ2v) is 4.89. The number of nitrogens with zero attached hydrogens (tertiary/aromatic N) is 2. The van der Waals surface area contributed by atoms with Crippen molar-refractivity contribution in [2.45, 2.75) is 25.3 Å². The number of fused-ring (bicyclic) bond motifs is 1. The predicted molar refractivity (Wildman–Crippen MR) is 69.0 cm³/mol. The Bertz CT molecular complexity index is 505. The van der Waals surface area contributed by atoms with E-state index in [4.69, 9.17) is 5.73 Å². The Hall–Kier alpha value is -1.55. The summed E-state index contributed by atoms with van der Waals surface area (Å²) in [6, 6.07) is 6.54. The van der Waals surface area contributed by atoms with Gasteiger partial charge in [-0.2, -0.15) is 0 Å². The number of rotatable bonds is 3. The van der Waals surface area contributed by atoms with Gasteiger partial charge in [0.15, 0.2) is 0 Å². The summed E-state index contributed by atoms with van der Waals surface area (Å²) in [4.78, 5) is 4.27. The summed E-state index contributed by atoms with van der Waals surface area (Å²) < 4.78 is 2.08. The maximum Gasteiger partial charge on any atom is 0.138 e. The van der Waals surface area contributed by atoms with Crippen LogP contribution in [0.2, 0.25) is 0 Å². The molecule has 0 aromatic carbocycles. The first-order valence-corrected chi connectivity index (χ1v) is 6.24. The molecule has 2 heterocycles. The highest BCUT2D eigenvalue weighted by atomic mass is 15.1. The van der Waals surface area contributed by atoms with E-state index >= 15 is 0 Å². The highest BCUT2D eigenvalue weighted by Crippen LogP contribution is 2.24. The molecule has 0 aliphatic heterocycles. The van der Waals surface area contributed by atoms with Gasteiger partial charge >= 0.3 is 0 Å². The molecule has 0 amide bonds. The molecule has 0 spiro atoms. The van der Waals surface area contributed by atoms with Crippen LogP contribution in [0.15, 0.2) is 30.6 Å². The maximum atomic E-state index is 5.93. The molecule has 1 aliphatic rings. The zero-order chi connectivity index (χ0) is 11.7. The fourth-order valence-electron chi connectivity index (χ4n) is 2.64. The van der Waals surface area contributed by atoms with Crippen LogP contribution in [0.3, 0.4) is 0 Å². The van der Waals surface area contributed by atoms with E-state index in [-0.39, 0.29) is 0 Å². The van der Waals surface area contributed by atoms with Crippen LogP contribution in [0, 0.1) is 5.92 Å². The third-order valence-corrected chi connectivity index (χ3v) is 3.58. The van der Waals surface area contributed by atoms with Crippen molar-refractivity contribution in [2.75, 3.05) is 11.9 Å². The minimum Gasteiger partial charge on any atom is -0.371 e. The summed E-state index contributed by atoms with van der Waals surface area (Å²) in [7, 11) is 0. The largest absolute Gasteiger partial charge is 0.371 e. The summed E-state index contributed by atoms with van der Waals surface area (Å²) in [5.41, 5.74) is 6.91. The van der Waals surface area contributed by atoms with E-state index in [9.17, 15) is 0 Å². The lowest BCUT2D eigenvalue weighted by molar-refractivity contribution is 0.564. The summed E-state index contributed by atoms with van der Waals surface area (Å²) in [5.74, 6) is 1.82. The molecule has 4 nitrogen and oxygen atoms in total. The monoisotopic (exact) mass is 230 g/mol. The molecule has 2 aromatic rings. The Morgan fingerprint density at radius 2 is 2.35 bits per heavy atom. The molecule has 0 bridgehead atoms. The van der Waals surface area contributed by atoms with Gasteiger partial charge in [0.05, 0.1) is 0 Å². The smallest absolute Gasteiger partial charge is 0.138 e. The zero-order valence-corrected chi connectivity index (χ0v) is 9.84. The van der Waals surface area contributed by atoms with Gasteiger partial charge in [-0.1, -0.05) is 6.07 Å². The van der Waals surface area contributed by atoms with Gasteiger partial charge in [0.2, 0.25) is 0 Å². The molecule has 2 atom stereocenters. The second-order valence-electron chi connectivity index (χ2n) is 4.89. The average molecular weight is 230 g/mol. The number of pyridine rings is 1. The van der Waals surface area contributed by atoms with Crippen molar-refractivity contribution >= 4 is 11.5 Å². The number of hydrogen-bond donors (Lipinski definition) is 2. The number of imidazole rings is 1. The Morgan fingerprint density at radius 3 is 3.18 bits per heavy atom. The molecular weight excluding hydrogens is 212 g/mol. The summed E-state index contributed by atoms with van der Waals surface area (Å²) in [5, 5.41) is 3.50. The van der Waals surface area contributed by atoms with Crippen molar-refractivity contribution in [3.05, 3.63) is 30.6 Å². The van der Waals surface area contributed by atoms with E-state index in [1.165, 1.54) is 12.8 Å². The van der Waals surface area contributed by atoms with Crippen molar-refractivity contribution in [2.24, 2.45) is 11.7 Å². The van der Waals surface area contributed by atoms with Crippen LogP contribution < -0.4 is 11.1 Å². The standard InChI is InChI=1S/C13H18N4/c14-11-5-4-10(8-11)9-16-13-3-1-2-12-15-6-7-17(12)13/h1-3,6-7,10-11,16H,4-5,8-9,14H2. The van der Waals surface area contributed by atoms with E-state index < -0.39 is 0 Å². The lowest BCUT2D eigenvalue weighted by atomic mass is 10.1. The lowest BCUT2D eigenvalue weighted by Crippen LogP contribution is -2.18. The topological polar surface area (TPSA) is 55.3 Å². The SMILES string of the molecule is NC1CCC(CNc2cccc3nccn23)C1. The van der Waals surface area contributed by atoms with Gasteiger partial charge in [0, 0.05) is 25.0 Å². The fraction of sp³-hybridized carbons (Fsp3) is 0.462. The third kappa shape index (κ3) is 2.13. The Balaban J connectivity index is 1.70. The zero-order valence-electron chi connectivity index (χ0n) is 9.84. The van der Waals surface area contributed by atoms with Crippen molar-refractivity contribution in [3.63, 3.8) is 0 Å². The van der Waals surface area contributed by atoms with Crippen LogP contribution in [-0.4, -0.2) is 22.0 Å². The molecule has 0 radical (unpaired) electrons. The Labute approximate surface area is 101 Å². The molecule has 1 saturated carbocycles. The van der Waals surface area contributed by atoms with E-state index in [2.05, 4.69) is 20.8 Å². The summed E-state index contributed by atoms with van der Waals surface area (Å²) >= 11 is 0. The summed E-state index contributed by atoms with van der Waals surface area (Å²) in [6.07, 6.45) is 7.37. The van der Waals surface area contributed by atoms with Crippen molar-refractivity contribution in [1.82, 2.24) is 9.38 Å². The number of nitrogens with one attached hydrogen (secondary N) is 1. The van der Waals surface area contributed by atoms with Gasteiger partial charge < -0.3 is 11.1 Å². The molecule has 2 unspecified atom stereocenters. The van der Waals surface area contributed by atoms with Crippen LogP contribution in [-0.2, 0) is 0 Å². The molecule has 0 saturated heterocycles. The van der Waals surface area contributed by atoms with E-state index in [0.29, 0.717) is 12.0 Å². The van der Waals surface area contributed by atoms with Gasteiger partial charge in [-0.3, -0.25) is 4.40 Å². The van der Waals surface area contributed by atoms with Gasteiger partial charge in [0.25, 0.3) is 0 Å². The van der Waals surface area contributed by atoms with Gasteiger partial charge in [-0.15, -0.1) is 0 Å². The van der Waals surface area contributed by atoms with Crippen LogP contribution in [0.5, 0.6) is 0 Å². The Morgan fingerprint density at radius 1 is 1.41 bits per heavy atom. The number of nitrogens with two attached hydrogens (primary N) is 1. The lowest BCUT2D eigenvalue weighted by Gasteiger charge is -2.13. The average Bonchev–Trinajstić information content (AvgIpc) is 2.94. The maximum absolute atomic E-state index is 5.93. The minimum atomic E-state index is 0.408. The number of anilines is 1. The van der Waals surface area contributed by atoms with E-state index in [0.717, 1.165) is 24.4 Å². The third-order valence-electron chi connectivity index (χ3n) is 3.58. The van der Waals surface area contributed by atoms with Crippen LogP contribution >= 0.6 is 0 Å². The fourth-order valence-corrected chi connectivity index (χ4v) is 2.64. The van der Waals surface area contributed by atoms with Gasteiger partial charge in [-0.25, -0.2) is 4.98 Å². The highest BCUT2D eigenvalue weighted by molar-refractivity contribution is 5.49. The molecule has 90 valence electrons. The van der Waals surface area contributed by atoms with E-state index in [1.807, 2.05) is 24.5 Å². The first-order valence-electron chi connectivity index (χ1n) is 6.24.